The van der Waals surface area contributed by atoms with E-state index in [2.05, 4.69) is 29.0 Å². The van der Waals surface area contributed by atoms with Crippen LogP contribution in [0.3, 0.4) is 0 Å². The van der Waals surface area contributed by atoms with Crippen molar-refractivity contribution in [3.8, 4) is 0 Å². The molecule has 90 valence electrons. The summed E-state index contributed by atoms with van der Waals surface area (Å²) in [5.41, 5.74) is 2.24. The number of rotatable bonds is 2. The summed E-state index contributed by atoms with van der Waals surface area (Å²) in [6.45, 7) is 0.729. The molecule has 0 aliphatic rings. The Morgan fingerprint density at radius 1 is 0.889 bits per heavy atom. The zero-order valence-corrected chi connectivity index (χ0v) is 11.1. The summed E-state index contributed by atoms with van der Waals surface area (Å²) >= 11 is 12.2. The van der Waals surface area contributed by atoms with Crippen molar-refractivity contribution < 1.29 is 0 Å². The van der Waals surface area contributed by atoms with Gasteiger partial charge in [-0.15, -0.1) is 0 Å². The van der Waals surface area contributed by atoms with Gasteiger partial charge in [0.05, 0.1) is 10.0 Å². The first kappa shape index (κ1) is 11.6. The number of hydrogen-bond acceptors (Lipinski definition) is 0. The number of benzene rings is 2. The Kier molecular flexibility index (Phi) is 3.02. The van der Waals surface area contributed by atoms with Gasteiger partial charge in [-0.05, 0) is 29.1 Å². The lowest BCUT2D eigenvalue weighted by molar-refractivity contribution is 0.837. The molecule has 1 heterocycles. The van der Waals surface area contributed by atoms with Crippen molar-refractivity contribution in [2.45, 2.75) is 6.54 Å². The van der Waals surface area contributed by atoms with E-state index in [9.17, 15) is 0 Å². The predicted molar refractivity (Wildman–Crippen MR) is 77.5 cm³/mol. The second kappa shape index (κ2) is 4.68. The smallest absolute Gasteiger partial charge is 0.0642 e. The second-order valence-corrected chi connectivity index (χ2v) is 5.00. The first-order valence-electron chi connectivity index (χ1n) is 5.72. The highest BCUT2D eigenvalue weighted by molar-refractivity contribution is 6.42. The van der Waals surface area contributed by atoms with Crippen molar-refractivity contribution in [3.63, 3.8) is 0 Å². The number of halogens is 2. The molecule has 3 rings (SSSR count). The molecule has 18 heavy (non-hydrogen) atoms. The van der Waals surface area contributed by atoms with Crippen LogP contribution in [0.4, 0.5) is 0 Å². The minimum Gasteiger partial charge on any atom is -0.343 e. The summed E-state index contributed by atoms with van der Waals surface area (Å²) in [5, 5.41) is 2.47. The van der Waals surface area contributed by atoms with Gasteiger partial charge < -0.3 is 4.57 Å². The summed E-state index contributed by atoms with van der Waals surface area (Å²) in [7, 11) is 0. The maximum absolute atomic E-state index is 6.22. The fraction of sp³-hybridized carbons (Fsp3) is 0.0667. The van der Waals surface area contributed by atoms with E-state index < -0.39 is 0 Å². The third kappa shape index (κ3) is 2.00. The van der Waals surface area contributed by atoms with Crippen LogP contribution in [0.1, 0.15) is 5.56 Å². The molecule has 3 heteroatoms. The Balaban J connectivity index is 2.04. The first-order chi connectivity index (χ1) is 8.75. The lowest BCUT2D eigenvalue weighted by atomic mass is 10.2. The SMILES string of the molecule is Clc1cccc(Cn2ccc3ccccc32)c1Cl. The van der Waals surface area contributed by atoms with E-state index in [0.717, 1.165) is 12.1 Å². The van der Waals surface area contributed by atoms with Crippen LogP contribution in [-0.2, 0) is 6.54 Å². The first-order valence-corrected chi connectivity index (χ1v) is 6.48. The van der Waals surface area contributed by atoms with Crippen LogP contribution in [0.15, 0.2) is 54.7 Å². The number of nitrogens with zero attached hydrogens (tertiary/aromatic N) is 1. The molecule has 0 spiro atoms. The Morgan fingerprint density at radius 3 is 2.61 bits per heavy atom. The fourth-order valence-electron chi connectivity index (χ4n) is 2.13. The molecule has 0 saturated carbocycles. The maximum atomic E-state index is 6.22. The molecule has 0 fully saturated rings. The third-order valence-electron chi connectivity index (χ3n) is 3.05. The van der Waals surface area contributed by atoms with Gasteiger partial charge in [-0.25, -0.2) is 0 Å². The molecule has 1 nitrogen and oxygen atoms in total. The highest BCUT2D eigenvalue weighted by atomic mass is 35.5. The van der Waals surface area contributed by atoms with Gasteiger partial charge in [0.15, 0.2) is 0 Å². The van der Waals surface area contributed by atoms with Gasteiger partial charge in [0.2, 0.25) is 0 Å². The van der Waals surface area contributed by atoms with Crippen LogP contribution in [0.5, 0.6) is 0 Å². The van der Waals surface area contributed by atoms with Crippen LogP contribution in [-0.4, -0.2) is 4.57 Å². The molecule has 0 atom stereocenters. The van der Waals surface area contributed by atoms with E-state index in [1.54, 1.807) is 6.07 Å². The highest BCUT2D eigenvalue weighted by Gasteiger charge is 2.06. The quantitative estimate of drug-likeness (QED) is 0.621. The van der Waals surface area contributed by atoms with Gasteiger partial charge >= 0.3 is 0 Å². The van der Waals surface area contributed by atoms with E-state index in [1.165, 1.54) is 10.9 Å². The molecule has 0 unspecified atom stereocenters. The number of fused-ring (bicyclic) bond motifs is 1. The average Bonchev–Trinajstić information content (AvgIpc) is 2.79. The summed E-state index contributed by atoms with van der Waals surface area (Å²) in [5.74, 6) is 0. The van der Waals surface area contributed by atoms with Gasteiger partial charge in [-0.1, -0.05) is 53.5 Å². The molecule has 0 aliphatic carbocycles. The molecule has 0 bridgehead atoms. The minimum absolute atomic E-state index is 0.602. The molecule has 0 radical (unpaired) electrons. The van der Waals surface area contributed by atoms with E-state index in [4.69, 9.17) is 23.2 Å². The highest BCUT2D eigenvalue weighted by Crippen LogP contribution is 2.27. The fourth-order valence-corrected chi connectivity index (χ4v) is 2.51. The van der Waals surface area contributed by atoms with Gasteiger partial charge in [-0.3, -0.25) is 0 Å². The topological polar surface area (TPSA) is 4.93 Å². The van der Waals surface area contributed by atoms with Gasteiger partial charge in [0.1, 0.15) is 0 Å². The molecule has 1 aromatic heterocycles. The average molecular weight is 276 g/mol. The van der Waals surface area contributed by atoms with Crippen molar-refractivity contribution in [1.82, 2.24) is 4.57 Å². The molecule has 0 saturated heterocycles. The molecular formula is C15H11Cl2N. The van der Waals surface area contributed by atoms with Crippen LogP contribution >= 0.6 is 23.2 Å². The molecule has 0 N–H and O–H groups in total. The largest absolute Gasteiger partial charge is 0.343 e. The molecular weight excluding hydrogens is 265 g/mol. The zero-order chi connectivity index (χ0) is 12.5. The van der Waals surface area contributed by atoms with Crippen LogP contribution in [0.25, 0.3) is 10.9 Å². The summed E-state index contributed by atoms with van der Waals surface area (Å²) < 4.78 is 2.17. The van der Waals surface area contributed by atoms with E-state index >= 15 is 0 Å². The molecule has 2 aromatic carbocycles. The van der Waals surface area contributed by atoms with Crippen LogP contribution in [0, 0.1) is 0 Å². The van der Waals surface area contributed by atoms with E-state index in [0.29, 0.717) is 10.0 Å². The van der Waals surface area contributed by atoms with Crippen LogP contribution < -0.4 is 0 Å². The lowest BCUT2D eigenvalue weighted by Crippen LogP contribution is -1.98. The van der Waals surface area contributed by atoms with Crippen molar-refractivity contribution in [3.05, 3.63) is 70.3 Å². The van der Waals surface area contributed by atoms with Crippen molar-refractivity contribution >= 4 is 34.1 Å². The Bertz CT molecular complexity index is 701. The maximum Gasteiger partial charge on any atom is 0.0642 e. The summed E-state index contributed by atoms with van der Waals surface area (Å²) in [4.78, 5) is 0. The molecule has 0 aliphatic heterocycles. The zero-order valence-electron chi connectivity index (χ0n) is 9.61. The second-order valence-electron chi connectivity index (χ2n) is 4.22. The minimum atomic E-state index is 0.602. The number of hydrogen-bond donors (Lipinski definition) is 0. The lowest BCUT2D eigenvalue weighted by Gasteiger charge is -2.08. The molecule has 0 amide bonds. The molecule has 3 aromatic rings. The Hall–Kier alpha value is -1.44. The van der Waals surface area contributed by atoms with Gasteiger partial charge in [-0.2, -0.15) is 0 Å². The number of aromatic nitrogens is 1. The predicted octanol–water partition coefficient (Wildman–Crippen LogP) is 5.00. The van der Waals surface area contributed by atoms with Crippen molar-refractivity contribution in [1.29, 1.82) is 0 Å². The summed E-state index contributed by atoms with van der Waals surface area (Å²) in [6.07, 6.45) is 2.07. The Morgan fingerprint density at radius 2 is 1.72 bits per heavy atom. The normalized spacial score (nSPS) is 11.0. The Labute approximate surface area is 116 Å². The van der Waals surface area contributed by atoms with Gasteiger partial charge in [0, 0.05) is 18.3 Å². The van der Waals surface area contributed by atoms with Crippen LogP contribution in [0.2, 0.25) is 10.0 Å². The summed E-state index contributed by atoms with van der Waals surface area (Å²) in [6, 6.07) is 16.1. The van der Waals surface area contributed by atoms with Gasteiger partial charge in [0.25, 0.3) is 0 Å². The van der Waals surface area contributed by atoms with Crippen molar-refractivity contribution in [2.75, 3.05) is 0 Å². The van der Waals surface area contributed by atoms with E-state index in [1.807, 2.05) is 24.3 Å². The monoisotopic (exact) mass is 275 g/mol. The third-order valence-corrected chi connectivity index (χ3v) is 3.91. The standard InChI is InChI=1S/C15H11Cl2N/c16-13-6-3-5-12(15(13)17)10-18-9-8-11-4-1-2-7-14(11)18/h1-9H,10H2. The van der Waals surface area contributed by atoms with Crippen molar-refractivity contribution in [2.24, 2.45) is 0 Å². The van der Waals surface area contributed by atoms with E-state index in [-0.39, 0.29) is 0 Å². The number of para-hydroxylation sites is 1.